The van der Waals surface area contributed by atoms with Crippen LogP contribution in [0.5, 0.6) is 0 Å². The minimum absolute atomic E-state index is 0.187. The van der Waals surface area contributed by atoms with Crippen molar-refractivity contribution in [3.63, 3.8) is 0 Å². The predicted molar refractivity (Wildman–Crippen MR) is 59.6 cm³/mol. The number of nitrogens with zero attached hydrogens (tertiary/aromatic N) is 1. The van der Waals surface area contributed by atoms with Crippen molar-refractivity contribution in [1.82, 2.24) is 5.32 Å². The molecule has 2 N–H and O–H groups in total. The van der Waals surface area contributed by atoms with Crippen molar-refractivity contribution in [2.45, 2.75) is 45.6 Å². The smallest absolute Gasteiger partial charge is 0.0965 e. The van der Waals surface area contributed by atoms with E-state index in [4.69, 9.17) is 0 Å². The Morgan fingerprint density at radius 3 is 2.71 bits per heavy atom. The lowest BCUT2D eigenvalue weighted by Gasteiger charge is -2.22. The summed E-state index contributed by atoms with van der Waals surface area (Å²) >= 11 is 0. The minimum Gasteiger partial charge on any atom is -0.394 e. The van der Waals surface area contributed by atoms with Crippen molar-refractivity contribution < 1.29 is 5.11 Å². The van der Waals surface area contributed by atoms with Crippen molar-refractivity contribution in [1.29, 1.82) is 0 Å². The van der Waals surface area contributed by atoms with Crippen LogP contribution in [0.4, 0.5) is 0 Å². The van der Waals surface area contributed by atoms with Crippen LogP contribution in [-0.2, 0) is 0 Å². The number of hydrogen-bond donors (Lipinski definition) is 2. The van der Waals surface area contributed by atoms with Crippen molar-refractivity contribution in [3.8, 4) is 0 Å². The molecule has 0 aliphatic carbocycles. The number of hydrogen-bond acceptors (Lipinski definition) is 3. The number of aliphatic imine (C=N–C) groups is 1. The molecule has 1 rings (SSSR count). The molecule has 0 radical (unpaired) electrons. The molecule has 3 nitrogen and oxygen atoms in total. The summed E-state index contributed by atoms with van der Waals surface area (Å²) in [5.74, 6) is 1.71. The molecule has 0 saturated carbocycles. The van der Waals surface area contributed by atoms with Gasteiger partial charge in [-0.3, -0.25) is 4.99 Å². The van der Waals surface area contributed by atoms with Crippen LogP contribution < -0.4 is 5.32 Å². The standard InChI is InChI=1S/C11H22N2O/c1-9(2)7-10(8-14)13-11-5-3-4-6-12-11/h9-10,14H,3-8H2,1-2H3,(H,12,13). The van der Waals surface area contributed by atoms with E-state index in [1.165, 1.54) is 12.8 Å². The molecule has 82 valence electrons. The SMILES string of the molecule is CC(C)CC(CO)NC1=NCCCC1. The second kappa shape index (κ2) is 6.02. The number of rotatable bonds is 4. The Morgan fingerprint density at radius 1 is 1.43 bits per heavy atom. The van der Waals surface area contributed by atoms with E-state index in [9.17, 15) is 5.11 Å². The first-order valence-electron chi connectivity index (χ1n) is 5.63. The first-order valence-corrected chi connectivity index (χ1v) is 5.63. The van der Waals surface area contributed by atoms with Crippen LogP contribution in [0.3, 0.4) is 0 Å². The highest BCUT2D eigenvalue weighted by molar-refractivity contribution is 5.82. The van der Waals surface area contributed by atoms with Gasteiger partial charge in [0.1, 0.15) is 0 Å². The Kier molecular flexibility index (Phi) is 4.94. The second-order valence-corrected chi connectivity index (χ2v) is 4.44. The highest BCUT2D eigenvalue weighted by Crippen LogP contribution is 2.08. The monoisotopic (exact) mass is 198 g/mol. The summed E-state index contributed by atoms with van der Waals surface area (Å²) in [6, 6.07) is 0.187. The first kappa shape index (κ1) is 11.5. The molecular weight excluding hydrogens is 176 g/mol. The number of aliphatic hydroxyl groups excluding tert-OH is 1. The van der Waals surface area contributed by atoms with E-state index in [2.05, 4.69) is 24.2 Å². The van der Waals surface area contributed by atoms with Gasteiger partial charge in [0.25, 0.3) is 0 Å². The Bertz CT molecular complexity index is 190. The van der Waals surface area contributed by atoms with Crippen molar-refractivity contribution in [2.75, 3.05) is 13.2 Å². The topological polar surface area (TPSA) is 44.6 Å². The van der Waals surface area contributed by atoms with Crippen LogP contribution >= 0.6 is 0 Å². The fourth-order valence-corrected chi connectivity index (χ4v) is 1.80. The molecule has 0 bridgehead atoms. The summed E-state index contributed by atoms with van der Waals surface area (Å²) in [4.78, 5) is 4.42. The highest BCUT2D eigenvalue weighted by Gasteiger charge is 2.12. The zero-order chi connectivity index (χ0) is 10.4. The quantitative estimate of drug-likeness (QED) is 0.720. The molecule has 1 aliphatic rings. The molecule has 0 aromatic rings. The number of nitrogens with one attached hydrogen (secondary N) is 1. The van der Waals surface area contributed by atoms with E-state index in [1.807, 2.05) is 0 Å². The summed E-state index contributed by atoms with van der Waals surface area (Å²) in [6.45, 7) is 5.50. The zero-order valence-electron chi connectivity index (χ0n) is 9.29. The van der Waals surface area contributed by atoms with Gasteiger partial charge in [-0.25, -0.2) is 0 Å². The molecule has 0 fully saturated rings. The molecule has 1 aliphatic heterocycles. The molecule has 1 heterocycles. The summed E-state index contributed by atoms with van der Waals surface area (Å²) < 4.78 is 0. The van der Waals surface area contributed by atoms with Gasteiger partial charge in [-0.15, -0.1) is 0 Å². The van der Waals surface area contributed by atoms with Crippen LogP contribution in [0.15, 0.2) is 4.99 Å². The van der Waals surface area contributed by atoms with Crippen molar-refractivity contribution >= 4 is 5.84 Å². The third kappa shape index (κ3) is 4.09. The summed E-state index contributed by atoms with van der Waals surface area (Å²) in [7, 11) is 0. The summed E-state index contributed by atoms with van der Waals surface area (Å²) in [5, 5.41) is 12.5. The van der Waals surface area contributed by atoms with Gasteiger partial charge in [0.2, 0.25) is 0 Å². The van der Waals surface area contributed by atoms with E-state index in [0.29, 0.717) is 5.92 Å². The largest absolute Gasteiger partial charge is 0.394 e. The fraction of sp³-hybridized carbons (Fsp3) is 0.909. The average molecular weight is 198 g/mol. The van der Waals surface area contributed by atoms with Gasteiger partial charge in [0.05, 0.1) is 18.5 Å². The van der Waals surface area contributed by atoms with Gasteiger partial charge in [-0.1, -0.05) is 13.8 Å². The van der Waals surface area contributed by atoms with Gasteiger partial charge in [-0.2, -0.15) is 0 Å². The molecular formula is C11H22N2O. The fourth-order valence-electron chi connectivity index (χ4n) is 1.80. The molecule has 0 aromatic heterocycles. The first-order chi connectivity index (χ1) is 6.72. The molecule has 0 saturated heterocycles. The lowest BCUT2D eigenvalue weighted by Crippen LogP contribution is -2.39. The molecule has 0 spiro atoms. The van der Waals surface area contributed by atoms with E-state index in [1.54, 1.807) is 0 Å². The second-order valence-electron chi connectivity index (χ2n) is 4.44. The van der Waals surface area contributed by atoms with Gasteiger partial charge >= 0.3 is 0 Å². The van der Waals surface area contributed by atoms with E-state index >= 15 is 0 Å². The Labute approximate surface area is 86.6 Å². The van der Waals surface area contributed by atoms with E-state index < -0.39 is 0 Å². The third-order valence-electron chi connectivity index (χ3n) is 2.47. The van der Waals surface area contributed by atoms with Gasteiger partial charge in [-0.05, 0) is 25.2 Å². The van der Waals surface area contributed by atoms with Crippen LogP contribution in [0.2, 0.25) is 0 Å². The van der Waals surface area contributed by atoms with Gasteiger partial charge in [0, 0.05) is 13.0 Å². The summed E-state index contributed by atoms with van der Waals surface area (Å²) in [5.41, 5.74) is 0. The maximum Gasteiger partial charge on any atom is 0.0965 e. The zero-order valence-corrected chi connectivity index (χ0v) is 9.29. The highest BCUT2D eigenvalue weighted by atomic mass is 16.3. The predicted octanol–water partition coefficient (Wildman–Crippen LogP) is 1.57. The molecule has 0 aromatic carbocycles. The average Bonchev–Trinajstić information content (AvgIpc) is 2.17. The Hall–Kier alpha value is -0.570. The maximum atomic E-state index is 9.19. The van der Waals surface area contributed by atoms with E-state index in [-0.39, 0.29) is 12.6 Å². The van der Waals surface area contributed by atoms with Gasteiger partial charge < -0.3 is 10.4 Å². The van der Waals surface area contributed by atoms with Crippen LogP contribution in [-0.4, -0.2) is 30.1 Å². The molecule has 3 heteroatoms. The lowest BCUT2D eigenvalue weighted by molar-refractivity contribution is 0.238. The van der Waals surface area contributed by atoms with Gasteiger partial charge in [0.15, 0.2) is 0 Å². The lowest BCUT2D eigenvalue weighted by atomic mass is 10.0. The summed E-state index contributed by atoms with van der Waals surface area (Å²) in [6.07, 6.45) is 4.49. The number of amidine groups is 1. The molecule has 1 unspecified atom stereocenters. The minimum atomic E-state index is 0.187. The maximum absolute atomic E-state index is 9.19. The molecule has 14 heavy (non-hydrogen) atoms. The molecule has 1 atom stereocenters. The molecule has 0 amide bonds. The van der Waals surface area contributed by atoms with Crippen LogP contribution in [0.1, 0.15) is 39.5 Å². The van der Waals surface area contributed by atoms with Crippen molar-refractivity contribution in [2.24, 2.45) is 10.9 Å². The Morgan fingerprint density at radius 2 is 2.21 bits per heavy atom. The van der Waals surface area contributed by atoms with E-state index in [0.717, 1.165) is 25.2 Å². The number of aliphatic hydroxyl groups is 1. The normalized spacial score (nSPS) is 19.3. The van der Waals surface area contributed by atoms with Crippen molar-refractivity contribution in [3.05, 3.63) is 0 Å². The van der Waals surface area contributed by atoms with Crippen LogP contribution in [0.25, 0.3) is 0 Å². The third-order valence-corrected chi connectivity index (χ3v) is 2.47. The Balaban J connectivity index is 2.35. The van der Waals surface area contributed by atoms with Crippen LogP contribution in [0, 0.1) is 5.92 Å².